The molecule has 0 rings (SSSR count). The molecular formula is C26H56O8. The molecule has 0 heterocycles. The molecule has 0 spiro atoms. The highest BCUT2D eigenvalue weighted by molar-refractivity contribution is 5.96. The number of aldehydes is 4. The molecule has 34 heavy (non-hydrogen) atoms. The number of hydrogen-bond donors (Lipinski definition) is 0. The summed E-state index contributed by atoms with van der Waals surface area (Å²) >= 11 is 0. The smallest absolute Gasteiger partial charge is 0.137 e. The fourth-order valence-electron chi connectivity index (χ4n) is 0.390. The minimum atomic E-state index is -0.0625. The lowest BCUT2D eigenvalue weighted by Crippen LogP contribution is -1.97. The molecule has 0 aliphatic carbocycles. The summed E-state index contributed by atoms with van der Waals surface area (Å²) in [7, 11) is 0. The number of carbonyl (C=O) groups is 8. The highest BCUT2D eigenvalue weighted by Gasteiger charge is 1.94. The Morgan fingerprint density at radius 3 is 0.676 bits per heavy atom. The predicted molar refractivity (Wildman–Crippen MR) is 144 cm³/mol. The first-order chi connectivity index (χ1) is 15.2. The zero-order valence-electron chi connectivity index (χ0n) is 23.7. The molecule has 8 nitrogen and oxygen atoms in total. The van der Waals surface area contributed by atoms with E-state index in [-0.39, 0.29) is 43.4 Å². The monoisotopic (exact) mass is 496 g/mol. The van der Waals surface area contributed by atoms with Crippen molar-refractivity contribution in [1.29, 1.82) is 0 Å². The fourth-order valence-corrected chi connectivity index (χ4v) is 0.390. The van der Waals surface area contributed by atoms with E-state index in [2.05, 4.69) is 13.8 Å². The van der Waals surface area contributed by atoms with Crippen LogP contribution in [0, 0.1) is 0 Å². The van der Waals surface area contributed by atoms with Crippen LogP contribution in [0.25, 0.3) is 0 Å². The van der Waals surface area contributed by atoms with E-state index >= 15 is 0 Å². The molecule has 0 aliphatic rings. The Balaban J connectivity index is -0.0000000245. The van der Waals surface area contributed by atoms with Crippen molar-refractivity contribution >= 4 is 48.3 Å². The molecule has 0 atom stereocenters. The Hall–Kier alpha value is -2.64. The van der Waals surface area contributed by atoms with Crippen LogP contribution in [-0.2, 0) is 38.4 Å². The summed E-state index contributed by atoms with van der Waals surface area (Å²) in [5.74, 6) is 0.208. The van der Waals surface area contributed by atoms with E-state index in [9.17, 15) is 28.8 Å². The Kier molecular flexibility index (Phi) is 182. The minimum absolute atomic E-state index is 0. The zero-order valence-corrected chi connectivity index (χ0v) is 23.7. The largest absolute Gasteiger partial charge is 0.304 e. The van der Waals surface area contributed by atoms with Gasteiger partial charge in [-0.3, -0.25) is 9.59 Å². The lowest BCUT2D eigenvalue weighted by Gasteiger charge is -1.81. The zero-order chi connectivity index (χ0) is 29.3. The molecule has 0 fully saturated rings. The molecule has 0 unspecified atom stereocenters. The standard InChI is InChI=1S/C5H8O2.C3H4O2.2C3H6O.C3H8.2C2H4O.2C2H6.CH4/c1-4(6)3-5(2)7;4-2-1-3-5;2*1-3(2)4;1-3-2;2*1-2-3;2*1-2;/h3H2,1-2H3;2-3H,1H2;2*1-2H3;3H2,1-2H3;2*2H,1H3;2*1-2H3;1H4. The topological polar surface area (TPSA) is 137 Å². The number of Topliss-reactive ketones (excluding diaryl/α,β-unsaturated/α-hetero) is 4. The molecule has 0 radical (unpaired) electrons. The van der Waals surface area contributed by atoms with Crippen molar-refractivity contribution in [3.05, 3.63) is 0 Å². The third kappa shape index (κ3) is 2090. The van der Waals surface area contributed by atoms with Crippen LogP contribution in [0.15, 0.2) is 0 Å². The van der Waals surface area contributed by atoms with E-state index in [1.165, 1.54) is 61.8 Å². The maximum absolute atomic E-state index is 10.0. The highest BCUT2D eigenvalue weighted by atomic mass is 16.2. The molecule has 0 aromatic rings. The quantitative estimate of drug-likeness (QED) is 0.339. The summed E-state index contributed by atoms with van der Waals surface area (Å²) in [5, 5.41) is 0. The Morgan fingerprint density at radius 2 is 0.676 bits per heavy atom. The molecule has 0 aromatic heterocycles. The van der Waals surface area contributed by atoms with E-state index in [0.717, 1.165) is 12.6 Å². The van der Waals surface area contributed by atoms with Crippen LogP contribution in [0.5, 0.6) is 0 Å². The SMILES string of the molecule is C.CC.CC.CC(=O)CC(C)=O.CC(C)=O.CC(C)=O.CC=O.CC=O.CCC.O=CCC=O. The molecular weight excluding hydrogens is 440 g/mol. The number of rotatable bonds is 4. The van der Waals surface area contributed by atoms with Gasteiger partial charge in [0.1, 0.15) is 48.3 Å². The van der Waals surface area contributed by atoms with E-state index in [1.54, 1.807) is 0 Å². The average molecular weight is 497 g/mol. The molecule has 0 bridgehead atoms. The van der Waals surface area contributed by atoms with E-state index in [1.807, 2.05) is 27.7 Å². The van der Waals surface area contributed by atoms with Gasteiger partial charge in [-0.1, -0.05) is 55.4 Å². The van der Waals surface area contributed by atoms with Crippen LogP contribution in [-0.4, -0.2) is 48.3 Å². The van der Waals surface area contributed by atoms with Gasteiger partial charge in [-0.25, -0.2) is 0 Å². The molecule has 0 aromatic carbocycles. The molecule has 0 saturated carbocycles. The lowest BCUT2D eigenvalue weighted by molar-refractivity contribution is -0.125. The highest BCUT2D eigenvalue weighted by Crippen LogP contribution is 1.80. The van der Waals surface area contributed by atoms with Gasteiger partial charge in [0, 0.05) is 0 Å². The summed E-state index contributed by atoms with van der Waals surface area (Å²) in [6, 6.07) is 0. The summed E-state index contributed by atoms with van der Waals surface area (Å²) in [5.41, 5.74) is 0. The van der Waals surface area contributed by atoms with Crippen LogP contribution >= 0.6 is 0 Å². The van der Waals surface area contributed by atoms with Gasteiger partial charge in [0.15, 0.2) is 0 Å². The molecule has 0 aliphatic heterocycles. The first-order valence-electron chi connectivity index (χ1n) is 10.9. The van der Waals surface area contributed by atoms with Crippen molar-refractivity contribution in [3.8, 4) is 0 Å². The van der Waals surface area contributed by atoms with Crippen LogP contribution < -0.4 is 0 Å². The van der Waals surface area contributed by atoms with E-state index in [0.29, 0.717) is 12.6 Å². The number of ketones is 4. The summed E-state index contributed by atoms with van der Waals surface area (Å²) in [4.78, 5) is 74.9. The maximum Gasteiger partial charge on any atom is 0.137 e. The summed E-state index contributed by atoms with van der Waals surface area (Å²) in [6.07, 6.45) is 3.99. The van der Waals surface area contributed by atoms with E-state index in [4.69, 9.17) is 9.59 Å². The number of hydrogen-bond acceptors (Lipinski definition) is 8. The Bertz CT molecular complexity index is 371. The van der Waals surface area contributed by atoms with Crippen molar-refractivity contribution in [2.45, 2.75) is 124 Å². The molecule has 0 N–H and O–H groups in total. The summed E-state index contributed by atoms with van der Waals surface area (Å²) in [6.45, 7) is 24.1. The molecule has 8 heteroatoms. The van der Waals surface area contributed by atoms with Crippen LogP contribution in [0.2, 0.25) is 0 Å². The average Bonchev–Trinajstić information content (AvgIpc) is 2.66. The predicted octanol–water partition coefficient (Wildman–Crippen LogP) is 6.03. The van der Waals surface area contributed by atoms with Crippen LogP contribution in [0.4, 0.5) is 0 Å². The van der Waals surface area contributed by atoms with Crippen molar-refractivity contribution in [1.82, 2.24) is 0 Å². The van der Waals surface area contributed by atoms with Gasteiger partial charge in [0.25, 0.3) is 0 Å². The second kappa shape index (κ2) is 97.8. The van der Waals surface area contributed by atoms with Crippen molar-refractivity contribution in [3.63, 3.8) is 0 Å². The van der Waals surface area contributed by atoms with Crippen LogP contribution in [0.3, 0.4) is 0 Å². The second-order valence-electron chi connectivity index (χ2n) is 5.14. The third-order valence-electron chi connectivity index (χ3n) is 0.690. The van der Waals surface area contributed by atoms with Crippen molar-refractivity contribution < 1.29 is 38.4 Å². The fraction of sp³-hybridized carbons (Fsp3) is 0.692. The lowest BCUT2D eigenvalue weighted by atomic mass is 10.2. The van der Waals surface area contributed by atoms with Gasteiger partial charge >= 0.3 is 0 Å². The van der Waals surface area contributed by atoms with Gasteiger partial charge < -0.3 is 28.8 Å². The summed E-state index contributed by atoms with van der Waals surface area (Å²) < 4.78 is 0. The normalized spacial score (nSPS) is 5.82. The molecule has 0 amide bonds. The Labute approximate surface area is 210 Å². The Morgan fingerprint density at radius 1 is 0.559 bits per heavy atom. The third-order valence-corrected chi connectivity index (χ3v) is 0.690. The van der Waals surface area contributed by atoms with Gasteiger partial charge in [-0.15, -0.1) is 0 Å². The van der Waals surface area contributed by atoms with Gasteiger partial charge in [-0.05, 0) is 55.4 Å². The number of carbonyl (C=O) groups excluding carboxylic acids is 8. The van der Waals surface area contributed by atoms with Crippen LogP contribution in [0.1, 0.15) is 124 Å². The van der Waals surface area contributed by atoms with Gasteiger partial charge in [-0.2, -0.15) is 0 Å². The molecule has 208 valence electrons. The van der Waals surface area contributed by atoms with Crippen molar-refractivity contribution in [2.24, 2.45) is 0 Å². The van der Waals surface area contributed by atoms with Crippen molar-refractivity contribution in [2.75, 3.05) is 0 Å². The maximum atomic E-state index is 10.0. The minimum Gasteiger partial charge on any atom is -0.304 e. The second-order valence-corrected chi connectivity index (χ2v) is 5.14. The van der Waals surface area contributed by atoms with Gasteiger partial charge in [0.2, 0.25) is 0 Å². The van der Waals surface area contributed by atoms with Gasteiger partial charge in [0.05, 0.1) is 12.8 Å². The molecule has 0 saturated heterocycles. The van der Waals surface area contributed by atoms with E-state index < -0.39 is 0 Å². The first kappa shape index (κ1) is 63.4. The first-order valence-corrected chi connectivity index (χ1v) is 10.9.